The zero-order valence-electron chi connectivity index (χ0n) is 12.6. The van der Waals surface area contributed by atoms with Gasteiger partial charge < -0.3 is 10.2 Å². The van der Waals surface area contributed by atoms with E-state index in [1.165, 1.54) is 32.1 Å². The van der Waals surface area contributed by atoms with Gasteiger partial charge in [-0.2, -0.15) is 0 Å². The molecule has 1 N–H and O–H groups in total. The minimum atomic E-state index is 0.220. The number of hydrogen-bond acceptors (Lipinski definition) is 2. The fourth-order valence-electron chi connectivity index (χ4n) is 2.05. The average Bonchev–Trinajstić information content (AvgIpc) is 2.39. The Hall–Kier alpha value is -0.570. The van der Waals surface area contributed by atoms with Crippen LogP contribution >= 0.6 is 0 Å². The SMILES string of the molecule is CCCCCCCCC(=O)NCCN(CC)CC. The second-order valence-electron chi connectivity index (χ2n) is 4.89. The number of nitrogens with one attached hydrogen (secondary N) is 1. The molecule has 3 nitrogen and oxygen atoms in total. The maximum Gasteiger partial charge on any atom is 0.220 e. The van der Waals surface area contributed by atoms with Gasteiger partial charge in [0, 0.05) is 19.5 Å². The quantitative estimate of drug-likeness (QED) is 0.544. The molecule has 3 heteroatoms. The molecule has 0 aliphatic rings. The van der Waals surface area contributed by atoms with Crippen LogP contribution in [-0.4, -0.2) is 37.0 Å². The van der Waals surface area contributed by atoms with E-state index in [2.05, 4.69) is 31.0 Å². The van der Waals surface area contributed by atoms with Gasteiger partial charge in [-0.05, 0) is 19.5 Å². The molecule has 108 valence electrons. The molecule has 0 aromatic heterocycles. The van der Waals surface area contributed by atoms with Gasteiger partial charge >= 0.3 is 0 Å². The van der Waals surface area contributed by atoms with Crippen molar-refractivity contribution in [2.75, 3.05) is 26.2 Å². The molecule has 0 fully saturated rings. The van der Waals surface area contributed by atoms with Crippen LogP contribution < -0.4 is 5.32 Å². The van der Waals surface area contributed by atoms with Crippen LogP contribution in [0.1, 0.15) is 65.7 Å². The third kappa shape index (κ3) is 10.6. The summed E-state index contributed by atoms with van der Waals surface area (Å²) in [4.78, 5) is 13.9. The van der Waals surface area contributed by atoms with Crippen LogP contribution in [0.4, 0.5) is 0 Å². The molecule has 0 saturated carbocycles. The van der Waals surface area contributed by atoms with Gasteiger partial charge in [0.1, 0.15) is 0 Å². The van der Waals surface area contributed by atoms with Crippen molar-refractivity contribution in [1.82, 2.24) is 10.2 Å². The summed E-state index contributed by atoms with van der Waals surface area (Å²) in [6.45, 7) is 10.4. The molecule has 1 amide bonds. The van der Waals surface area contributed by atoms with Gasteiger partial charge in [-0.15, -0.1) is 0 Å². The molecule has 0 aliphatic carbocycles. The number of nitrogens with zero attached hydrogens (tertiary/aromatic N) is 1. The molecule has 0 saturated heterocycles. The highest BCUT2D eigenvalue weighted by atomic mass is 16.1. The standard InChI is InChI=1S/C15H32N2O/c1-4-7-8-9-10-11-12-15(18)16-13-14-17(5-2)6-3/h4-14H2,1-3H3,(H,16,18). The third-order valence-electron chi connectivity index (χ3n) is 3.40. The molecular formula is C15H32N2O. The first-order chi connectivity index (χ1) is 8.74. The molecule has 0 atom stereocenters. The molecule has 0 bridgehead atoms. The topological polar surface area (TPSA) is 32.3 Å². The summed E-state index contributed by atoms with van der Waals surface area (Å²) in [5.41, 5.74) is 0. The van der Waals surface area contributed by atoms with Crippen molar-refractivity contribution in [3.8, 4) is 0 Å². The number of likely N-dealkylation sites (N-methyl/N-ethyl adjacent to an activating group) is 1. The lowest BCUT2D eigenvalue weighted by Gasteiger charge is -2.17. The minimum absolute atomic E-state index is 0.220. The second-order valence-corrected chi connectivity index (χ2v) is 4.89. The van der Waals surface area contributed by atoms with Crippen LogP contribution in [0.15, 0.2) is 0 Å². The number of carbonyl (C=O) groups is 1. The molecule has 0 radical (unpaired) electrons. The van der Waals surface area contributed by atoms with Crippen LogP contribution in [0.2, 0.25) is 0 Å². The van der Waals surface area contributed by atoms with Gasteiger partial charge in [0.15, 0.2) is 0 Å². The van der Waals surface area contributed by atoms with Gasteiger partial charge in [0.05, 0.1) is 0 Å². The molecule has 0 aliphatic heterocycles. The predicted octanol–water partition coefficient (Wildman–Crippen LogP) is 3.20. The van der Waals surface area contributed by atoms with E-state index in [9.17, 15) is 4.79 Å². The molecule has 18 heavy (non-hydrogen) atoms. The number of hydrogen-bond donors (Lipinski definition) is 1. The van der Waals surface area contributed by atoms with Crippen molar-refractivity contribution >= 4 is 5.91 Å². The summed E-state index contributed by atoms with van der Waals surface area (Å²) in [7, 11) is 0. The molecule has 0 heterocycles. The van der Waals surface area contributed by atoms with E-state index in [1.54, 1.807) is 0 Å². The highest BCUT2D eigenvalue weighted by Crippen LogP contribution is 2.06. The molecule has 0 unspecified atom stereocenters. The van der Waals surface area contributed by atoms with Crippen molar-refractivity contribution in [2.45, 2.75) is 65.7 Å². The van der Waals surface area contributed by atoms with Crippen LogP contribution in [0.3, 0.4) is 0 Å². The first kappa shape index (κ1) is 17.4. The maximum absolute atomic E-state index is 11.6. The Morgan fingerprint density at radius 2 is 1.56 bits per heavy atom. The minimum Gasteiger partial charge on any atom is -0.355 e. The van der Waals surface area contributed by atoms with E-state index in [4.69, 9.17) is 0 Å². The summed E-state index contributed by atoms with van der Waals surface area (Å²) in [6.07, 6.45) is 8.15. The molecule has 0 aromatic rings. The van der Waals surface area contributed by atoms with Crippen molar-refractivity contribution in [3.05, 3.63) is 0 Å². The van der Waals surface area contributed by atoms with Crippen molar-refractivity contribution in [3.63, 3.8) is 0 Å². The number of unbranched alkanes of at least 4 members (excludes halogenated alkanes) is 5. The van der Waals surface area contributed by atoms with Gasteiger partial charge in [-0.25, -0.2) is 0 Å². The van der Waals surface area contributed by atoms with E-state index in [1.807, 2.05) is 0 Å². The lowest BCUT2D eigenvalue weighted by Crippen LogP contribution is -2.34. The average molecular weight is 256 g/mol. The maximum atomic E-state index is 11.6. The van der Waals surface area contributed by atoms with Crippen LogP contribution in [-0.2, 0) is 4.79 Å². The summed E-state index contributed by atoms with van der Waals surface area (Å²) < 4.78 is 0. The van der Waals surface area contributed by atoms with E-state index >= 15 is 0 Å². The Morgan fingerprint density at radius 1 is 0.944 bits per heavy atom. The highest BCUT2D eigenvalue weighted by Gasteiger charge is 2.02. The zero-order chi connectivity index (χ0) is 13.6. The lowest BCUT2D eigenvalue weighted by molar-refractivity contribution is -0.121. The second kappa shape index (κ2) is 12.9. The van der Waals surface area contributed by atoms with Gasteiger partial charge in [0.25, 0.3) is 0 Å². The Bertz CT molecular complexity index is 191. The largest absolute Gasteiger partial charge is 0.355 e. The number of rotatable bonds is 12. The fraction of sp³-hybridized carbons (Fsp3) is 0.933. The molecule has 0 spiro atoms. The lowest BCUT2D eigenvalue weighted by atomic mass is 10.1. The van der Waals surface area contributed by atoms with Gasteiger partial charge in [-0.1, -0.05) is 52.9 Å². The Labute approximate surface area is 113 Å². The molecule has 0 rings (SSSR count). The van der Waals surface area contributed by atoms with Gasteiger partial charge in [0.2, 0.25) is 5.91 Å². The summed E-state index contributed by atoms with van der Waals surface area (Å²) >= 11 is 0. The van der Waals surface area contributed by atoms with Crippen LogP contribution in [0.5, 0.6) is 0 Å². The van der Waals surface area contributed by atoms with E-state index in [0.29, 0.717) is 6.42 Å². The Kier molecular flexibility index (Phi) is 12.5. The van der Waals surface area contributed by atoms with Crippen molar-refractivity contribution < 1.29 is 4.79 Å². The summed E-state index contributed by atoms with van der Waals surface area (Å²) in [5.74, 6) is 0.220. The highest BCUT2D eigenvalue weighted by molar-refractivity contribution is 5.75. The predicted molar refractivity (Wildman–Crippen MR) is 78.8 cm³/mol. The first-order valence-corrected chi connectivity index (χ1v) is 7.73. The van der Waals surface area contributed by atoms with E-state index in [0.717, 1.165) is 32.6 Å². The van der Waals surface area contributed by atoms with Crippen molar-refractivity contribution in [1.29, 1.82) is 0 Å². The fourth-order valence-corrected chi connectivity index (χ4v) is 2.05. The Morgan fingerprint density at radius 3 is 2.17 bits per heavy atom. The van der Waals surface area contributed by atoms with Crippen LogP contribution in [0, 0.1) is 0 Å². The Balaban J connectivity index is 3.32. The summed E-state index contributed by atoms with van der Waals surface area (Å²) in [5, 5.41) is 3.00. The zero-order valence-corrected chi connectivity index (χ0v) is 12.6. The normalized spacial score (nSPS) is 10.9. The smallest absolute Gasteiger partial charge is 0.220 e. The van der Waals surface area contributed by atoms with E-state index in [-0.39, 0.29) is 5.91 Å². The summed E-state index contributed by atoms with van der Waals surface area (Å²) in [6, 6.07) is 0. The van der Waals surface area contributed by atoms with Gasteiger partial charge in [-0.3, -0.25) is 4.79 Å². The van der Waals surface area contributed by atoms with Crippen molar-refractivity contribution in [2.24, 2.45) is 0 Å². The number of carbonyl (C=O) groups excluding carboxylic acids is 1. The molecular weight excluding hydrogens is 224 g/mol. The van der Waals surface area contributed by atoms with Crippen LogP contribution in [0.25, 0.3) is 0 Å². The molecule has 0 aromatic carbocycles. The third-order valence-corrected chi connectivity index (χ3v) is 3.40. The first-order valence-electron chi connectivity index (χ1n) is 7.73. The monoisotopic (exact) mass is 256 g/mol. The number of amides is 1. The van der Waals surface area contributed by atoms with E-state index < -0.39 is 0 Å².